The van der Waals surface area contributed by atoms with Gasteiger partial charge in [-0.1, -0.05) is 19.1 Å². The van der Waals surface area contributed by atoms with Crippen LogP contribution in [0.25, 0.3) is 0 Å². The average molecular weight is 343 g/mol. The van der Waals surface area contributed by atoms with E-state index in [9.17, 15) is 14.4 Å². The Labute approximate surface area is 148 Å². The fourth-order valence-electron chi connectivity index (χ4n) is 3.47. The normalized spacial score (nSPS) is 17.1. The molecular formula is C19H25N3O3. The number of hydrogen-bond donors (Lipinski definition) is 1. The Kier molecular flexibility index (Phi) is 5.36. The van der Waals surface area contributed by atoms with E-state index < -0.39 is 0 Å². The number of carbonyl (C=O) groups excluding carboxylic acids is 3. The first kappa shape index (κ1) is 17.5. The number of benzene rings is 1. The molecule has 6 nitrogen and oxygen atoms in total. The van der Waals surface area contributed by atoms with Gasteiger partial charge in [-0.15, -0.1) is 0 Å². The number of carbonyl (C=O) groups is 3. The highest BCUT2D eigenvalue weighted by molar-refractivity contribution is 5.99. The summed E-state index contributed by atoms with van der Waals surface area (Å²) < 4.78 is 0. The second-order valence-electron chi connectivity index (χ2n) is 6.76. The molecule has 2 aliphatic heterocycles. The predicted octanol–water partition coefficient (Wildman–Crippen LogP) is 1.58. The summed E-state index contributed by atoms with van der Waals surface area (Å²) >= 11 is 0. The van der Waals surface area contributed by atoms with Crippen LogP contribution in [0.4, 0.5) is 5.69 Å². The lowest BCUT2D eigenvalue weighted by Gasteiger charge is -2.22. The lowest BCUT2D eigenvalue weighted by atomic mass is 10.1. The number of amides is 3. The second kappa shape index (κ2) is 7.68. The molecule has 3 rings (SSSR count). The summed E-state index contributed by atoms with van der Waals surface area (Å²) in [5.41, 5.74) is 2.74. The van der Waals surface area contributed by atoms with Gasteiger partial charge in [0.1, 0.15) is 0 Å². The zero-order valence-corrected chi connectivity index (χ0v) is 14.7. The Balaban J connectivity index is 1.58. The molecule has 1 saturated heterocycles. The van der Waals surface area contributed by atoms with Crippen LogP contribution >= 0.6 is 0 Å². The summed E-state index contributed by atoms with van der Waals surface area (Å²) in [6.07, 6.45) is 2.98. The molecule has 0 saturated carbocycles. The first-order valence-corrected chi connectivity index (χ1v) is 9.04. The molecule has 0 unspecified atom stereocenters. The fourth-order valence-corrected chi connectivity index (χ4v) is 3.47. The standard InChI is InChI=1S/C19H25N3O3/c1-2-4-18(24)21-7-3-8-22(10-9-21)19(25)12-14-5-6-16-15(11-14)13-17(23)20-16/h5-6,11H,2-4,7-10,12-13H2,1H3,(H,20,23). The van der Waals surface area contributed by atoms with Crippen LogP contribution in [0.15, 0.2) is 18.2 Å². The molecule has 2 heterocycles. The summed E-state index contributed by atoms with van der Waals surface area (Å²) in [6.45, 7) is 4.65. The van der Waals surface area contributed by atoms with Crippen molar-refractivity contribution in [1.29, 1.82) is 0 Å². The van der Waals surface area contributed by atoms with Gasteiger partial charge in [-0.25, -0.2) is 0 Å². The van der Waals surface area contributed by atoms with E-state index >= 15 is 0 Å². The van der Waals surface area contributed by atoms with Crippen molar-refractivity contribution in [3.05, 3.63) is 29.3 Å². The summed E-state index contributed by atoms with van der Waals surface area (Å²) in [4.78, 5) is 39.8. The number of hydrogen-bond acceptors (Lipinski definition) is 3. The molecule has 0 aliphatic carbocycles. The monoisotopic (exact) mass is 343 g/mol. The minimum atomic E-state index is 0.00262. The SMILES string of the molecule is CCCC(=O)N1CCCN(C(=O)Cc2ccc3c(c2)CC(=O)N3)CC1. The molecule has 2 aliphatic rings. The van der Waals surface area contributed by atoms with E-state index in [-0.39, 0.29) is 17.7 Å². The molecule has 0 atom stereocenters. The van der Waals surface area contributed by atoms with Crippen molar-refractivity contribution in [2.24, 2.45) is 0 Å². The van der Waals surface area contributed by atoms with E-state index in [1.807, 2.05) is 34.9 Å². The summed E-state index contributed by atoms with van der Waals surface area (Å²) in [5.74, 6) is 0.275. The Bertz CT molecular complexity index is 686. The van der Waals surface area contributed by atoms with Gasteiger partial charge in [-0.3, -0.25) is 14.4 Å². The zero-order valence-electron chi connectivity index (χ0n) is 14.7. The van der Waals surface area contributed by atoms with Gasteiger partial charge in [-0.2, -0.15) is 0 Å². The van der Waals surface area contributed by atoms with Gasteiger partial charge < -0.3 is 15.1 Å². The molecule has 134 valence electrons. The Hall–Kier alpha value is -2.37. The molecule has 25 heavy (non-hydrogen) atoms. The van der Waals surface area contributed by atoms with Crippen molar-refractivity contribution < 1.29 is 14.4 Å². The number of nitrogens with one attached hydrogen (secondary N) is 1. The molecular weight excluding hydrogens is 318 g/mol. The largest absolute Gasteiger partial charge is 0.341 e. The van der Waals surface area contributed by atoms with E-state index in [0.29, 0.717) is 38.9 Å². The molecule has 0 spiro atoms. The maximum Gasteiger partial charge on any atom is 0.228 e. The molecule has 0 radical (unpaired) electrons. The first-order valence-electron chi connectivity index (χ1n) is 9.04. The molecule has 3 amide bonds. The Morgan fingerprint density at radius 2 is 1.80 bits per heavy atom. The van der Waals surface area contributed by atoms with Gasteiger partial charge in [-0.05, 0) is 30.0 Å². The van der Waals surface area contributed by atoms with Crippen LogP contribution in [0.1, 0.15) is 37.3 Å². The smallest absolute Gasteiger partial charge is 0.228 e. The summed E-state index contributed by atoms with van der Waals surface area (Å²) in [6, 6.07) is 5.72. The van der Waals surface area contributed by atoms with Crippen molar-refractivity contribution in [1.82, 2.24) is 9.80 Å². The van der Waals surface area contributed by atoms with Crippen molar-refractivity contribution in [3.8, 4) is 0 Å². The van der Waals surface area contributed by atoms with Crippen LogP contribution < -0.4 is 5.32 Å². The quantitative estimate of drug-likeness (QED) is 0.902. The molecule has 1 aromatic rings. The lowest BCUT2D eigenvalue weighted by molar-refractivity contribution is -0.133. The van der Waals surface area contributed by atoms with Crippen LogP contribution in [0.5, 0.6) is 0 Å². The first-order chi connectivity index (χ1) is 12.1. The third-order valence-corrected chi connectivity index (χ3v) is 4.82. The van der Waals surface area contributed by atoms with E-state index in [2.05, 4.69) is 5.32 Å². The zero-order chi connectivity index (χ0) is 17.8. The minimum Gasteiger partial charge on any atom is -0.341 e. The molecule has 0 aromatic heterocycles. The van der Waals surface area contributed by atoms with Crippen LogP contribution in [0, 0.1) is 0 Å². The highest BCUT2D eigenvalue weighted by Gasteiger charge is 2.23. The van der Waals surface area contributed by atoms with E-state index in [1.54, 1.807) is 0 Å². The lowest BCUT2D eigenvalue weighted by Crippen LogP contribution is -2.37. The van der Waals surface area contributed by atoms with Crippen molar-refractivity contribution >= 4 is 23.4 Å². The summed E-state index contributed by atoms with van der Waals surface area (Å²) in [7, 11) is 0. The van der Waals surface area contributed by atoms with Gasteiger partial charge in [0, 0.05) is 38.3 Å². The number of anilines is 1. The van der Waals surface area contributed by atoms with Crippen LogP contribution in [0.2, 0.25) is 0 Å². The molecule has 1 aromatic carbocycles. The maximum absolute atomic E-state index is 12.6. The number of fused-ring (bicyclic) bond motifs is 1. The van der Waals surface area contributed by atoms with E-state index in [1.165, 1.54) is 0 Å². The maximum atomic E-state index is 12.6. The van der Waals surface area contributed by atoms with Crippen molar-refractivity contribution in [2.75, 3.05) is 31.5 Å². The molecule has 6 heteroatoms. The fraction of sp³-hybridized carbons (Fsp3) is 0.526. The number of rotatable bonds is 4. The van der Waals surface area contributed by atoms with Crippen molar-refractivity contribution in [3.63, 3.8) is 0 Å². The van der Waals surface area contributed by atoms with Gasteiger partial charge in [0.05, 0.1) is 12.8 Å². The number of nitrogens with zero attached hydrogens (tertiary/aromatic N) is 2. The van der Waals surface area contributed by atoms with Crippen LogP contribution in [-0.4, -0.2) is 53.7 Å². The Morgan fingerprint density at radius 1 is 1.08 bits per heavy atom. The average Bonchev–Trinajstić information content (AvgIpc) is 2.79. The molecule has 0 bridgehead atoms. The third-order valence-electron chi connectivity index (χ3n) is 4.82. The second-order valence-corrected chi connectivity index (χ2v) is 6.76. The topological polar surface area (TPSA) is 69.7 Å². The minimum absolute atomic E-state index is 0.00262. The molecule has 1 N–H and O–H groups in total. The van der Waals surface area contributed by atoms with Gasteiger partial charge in [0.2, 0.25) is 17.7 Å². The van der Waals surface area contributed by atoms with Gasteiger partial charge >= 0.3 is 0 Å². The van der Waals surface area contributed by atoms with Crippen LogP contribution in [0.3, 0.4) is 0 Å². The predicted molar refractivity (Wildman–Crippen MR) is 95.2 cm³/mol. The summed E-state index contributed by atoms with van der Waals surface area (Å²) in [5, 5.41) is 2.80. The van der Waals surface area contributed by atoms with E-state index in [0.717, 1.165) is 36.2 Å². The Morgan fingerprint density at radius 3 is 2.52 bits per heavy atom. The van der Waals surface area contributed by atoms with Crippen molar-refractivity contribution in [2.45, 2.75) is 39.0 Å². The third kappa shape index (κ3) is 4.18. The van der Waals surface area contributed by atoms with E-state index in [4.69, 9.17) is 0 Å². The molecule has 1 fully saturated rings. The van der Waals surface area contributed by atoms with Crippen LogP contribution in [-0.2, 0) is 27.2 Å². The highest BCUT2D eigenvalue weighted by atomic mass is 16.2. The van der Waals surface area contributed by atoms with Gasteiger partial charge in [0.25, 0.3) is 0 Å². The highest BCUT2D eigenvalue weighted by Crippen LogP contribution is 2.24. The van der Waals surface area contributed by atoms with Gasteiger partial charge in [0.15, 0.2) is 0 Å².